The maximum Gasteiger partial charge on any atom is 0.245 e. The van der Waals surface area contributed by atoms with Gasteiger partial charge in [0, 0.05) is 42.9 Å². The topological polar surface area (TPSA) is 94.6 Å². The summed E-state index contributed by atoms with van der Waals surface area (Å²) in [6.45, 7) is 8.43. The first kappa shape index (κ1) is 27.4. The zero-order valence-electron chi connectivity index (χ0n) is 20.7. The zero-order chi connectivity index (χ0) is 25.9. The molecular weight excluding hydrogens is 522 g/mol. The second-order valence-corrected chi connectivity index (χ2v) is 9.78. The van der Waals surface area contributed by atoms with Crippen molar-refractivity contribution in [3.05, 3.63) is 70.8 Å². The van der Waals surface area contributed by atoms with Gasteiger partial charge < -0.3 is 20.4 Å². The number of nitrogens with one attached hydrogen (secondary N) is 2. The van der Waals surface area contributed by atoms with Gasteiger partial charge in [-0.1, -0.05) is 40.7 Å². The van der Waals surface area contributed by atoms with Gasteiger partial charge in [-0.15, -0.1) is 0 Å². The van der Waals surface area contributed by atoms with Gasteiger partial charge in [0.15, 0.2) is 0 Å². The molecule has 2 N–H and O–H groups in total. The molecule has 9 heteroatoms. The lowest BCUT2D eigenvalue weighted by atomic mass is 10.1. The third kappa shape index (κ3) is 8.48. The number of carbonyl (C=O) groups is 3. The summed E-state index contributed by atoms with van der Waals surface area (Å²) in [4.78, 5) is 46.2. The number of carbonyl (C=O) groups excluding carboxylic acids is 3. The summed E-state index contributed by atoms with van der Waals surface area (Å²) >= 11 is 3.40. The second-order valence-electron chi connectivity index (χ2n) is 8.86. The monoisotopic (exact) mass is 555 g/mol. The smallest absolute Gasteiger partial charge is 0.245 e. The maximum atomic E-state index is 13.4. The fraction of sp³-hybridized carbons (Fsp3) is 0.407. The lowest BCUT2D eigenvalue weighted by Crippen LogP contribution is -2.55. The highest BCUT2D eigenvalue weighted by Crippen LogP contribution is 2.16. The van der Waals surface area contributed by atoms with E-state index in [1.54, 1.807) is 0 Å². The Morgan fingerprint density at radius 1 is 1.08 bits per heavy atom. The van der Waals surface area contributed by atoms with Crippen LogP contribution in [0.2, 0.25) is 0 Å². The Kier molecular flexibility index (Phi) is 10.5. The van der Waals surface area contributed by atoms with Crippen molar-refractivity contribution in [3.63, 3.8) is 0 Å². The normalized spacial score (nSPS) is 14.2. The Hall–Kier alpha value is -3.20. The van der Waals surface area contributed by atoms with Crippen molar-refractivity contribution in [2.24, 2.45) is 0 Å². The molecule has 3 amide bonds. The van der Waals surface area contributed by atoms with Gasteiger partial charge in [-0.2, -0.15) is 0 Å². The van der Waals surface area contributed by atoms with Crippen molar-refractivity contribution in [1.82, 2.24) is 20.5 Å². The number of amides is 3. The van der Waals surface area contributed by atoms with Crippen LogP contribution in [0.4, 0.5) is 5.82 Å². The van der Waals surface area contributed by atoms with Gasteiger partial charge in [-0.05, 0) is 62.1 Å². The van der Waals surface area contributed by atoms with Crippen LogP contribution in [0.1, 0.15) is 30.5 Å². The van der Waals surface area contributed by atoms with Crippen molar-refractivity contribution in [1.29, 1.82) is 0 Å². The molecule has 1 fully saturated rings. The molecule has 1 atom stereocenters. The van der Waals surface area contributed by atoms with E-state index in [1.165, 1.54) is 6.08 Å². The Labute approximate surface area is 221 Å². The van der Waals surface area contributed by atoms with E-state index in [4.69, 9.17) is 0 Å². The van der Waals surface area contributed by atoms with E-state index in [0.29, 0.717) is 52.0 Å². The number of unbranched alkanes of at least 4 members (excludes halogenated alkanes) is 1. The molecule has 1 aromatic carbocycles. The average Bonchev–Trinajstić information content (AvgIpc) is 2.88. The number of piperazine rings is 1. The van der Waals surface area contributed by atoms with Crippen LogP contribution in [-0.2, 0) is 20.8 Å². The molecule has 1 aliphatic rings. The summed E-state index contributed by atoms with van der Waals surface area (Å²) in [6.07, 6.45) is 3.35. The molecule has 1 saturated heterocycles. The summed E-state index contributed by atoms with van der Waals surface area (Å²) in [5.74, 6) is 0.457. The quantitative estimate of drug-likeness (QED) is 0.328. The number of nitrogens with zero attached hydrogens (tertiary/aromatic N) is 3. The van der Waals surface area contributed by atoms with Crippen molar-refractivity contribution in [3.8, 4) is 0 Å². The Morgan fingerprint density at radius 2 is 1.81 bits per heavy atom. The molecule has 0 radical (unpaired) electrons. The predicted octanol–water partition coefficient (Wildman–Crippen LogP) is 3.00. The van der Waals surface area contributed by atoms with Crippen molar-refractivity contribution in [2.45, 2.75) is 38.6 Å². The summed E-state index contributed by atoms with van der Waals surface area (Å²) in [7, 11) is 0. The van der Waals surface area contributed by atoms with Crippen molar-refractivity contribution in [2.75, 3.05) is 37.6 Å². The van der Waals surface area contributed by atoms with E-state index in [1.807, 2.05) is 54.3 Å². The molecule has 36 heavy (non-hydrogen) atoms. The number of benzene rings is 1. The molecule has 0 bridgehead atoms. The molecular formula is C27H34BrN5O3. The summed E-state index contributed by atoms with van der Waals surface area (Å²) < 4.78 is 0.947. The minimum atomic E-state index is -0.605. The number of aryl methyl sites for hydroxylation is 1. The Morgan fingerprint density at radius 3 is 2.47 bits per heavy atom. The first-order valence-electron chi connectivity index (χ1n) is 12.3. The Balaban J connectivity index is 1.58. The lowest BCUT2D eigenvalue weighted by Gasteiger charge is -2.37. The van der Waals surface area contributed by atoms with Crippen LogP contribution in [0.5, 0.6) is 0 Å². The average molecular weight is 557 g/mol. The number of hydrogen-bond donors (Lipinski definition) is 2. The molecule has 1 aliphatic heterocycles. The van der Waals surface area contributed by atoms with Crippen LogP contribution in [0.25, 0.3) is 0 Å². The highest BCUT2D eigenvalue weighted by atomic mass is 79.9. The molecule has 0 saturated carbocycles. The predicted molar refractivity (Wildman–Crippen MR) is 145 cm³/mol. The number of rotatable bonds is 11. The fourth-order valence-electron chi connectivity index (χ4n) is 4.13. The number of pyridine rings is 1. The number of halogens is 1. The van der Waals surface area contributed by atoms with Crippen molar-refractivity contribution < 1.29 is 14.4 Å². The fourth-order valence-corrected chi connectivity index (χ4v) is 4.39. The molecule has 3 rings (SSSR count). The first-order valence-corrected chi connectivity index (χ1v) is 13.1. The highest BCUT2D eigenvalue weighted by Gasteiger charge is 2.28. The van der Waals surface area contributed by atoms with E-state index in [2.05, 4.69) is 43.0 Å². The van der Waals surface area contributed by atoms with Gasteiger partial charge in [0.05, 0.1) is 6.42 Å². The van der Waals surface area contributed by atoms with Crippen LogP contribution in [0, 0.1) is 6.92 Å². The van der Waals surface area contributed by atoms with Gasteiger partial charge in [0.1, 0.15) is 11.9 Å². The van der Waals surface area contributed by atoms with Gasteiger partial charge >= 0.3 is 0 Å². The minimum absolute atomic E-state index is 0.0638. The van der Waals surface area contributed by atoms with Gasteiger partial charge in [-0.25, -0.2) is 4.98 Å². The zero-order valence-corrected chi connectivity index (χ0v) is 22.3. The number of aromatic nitrogens is 1. The van der Waals surface area contributed by atoms with Gasteiger partial charge in [0.2, 0.25) is 17.7 Å². The van der Waals surface area contributed by atoms with Crippen LogP contribution < -0.4 is 15.5 Å². The van der Waals surface area contributed by atoms with Crippen LogP contribution >= 0.6 is 15.9 Å². The molecule has 192 valence electrons. The third-order valence-electron chi connectivity index (χ3n) is 6.10. The second kappa shape index (κ2) is 13.8. The van der Waals surface area contributed by atoms with E-state index < -0.39 is 6.04 Å². The molecule has 0 spiro atoms. The van der Waals surface area contributed by atoms with E-state index >= 15 is 0 Å². The molecule has 0 aliphatic carbocycles. The van der Waals surface area contributed by atoms with Crippen molar-refractivity contribution >= 4 is 39.5 Å². The molecule has 1 aromatic heterocycles. The summed E-state index contributed by atoms with van der Waals surface area (Å²) in [5, 5.41) is 5.71. The lowest BCUT2D eigenvalue weighted by molar-refractivity contribution is -0.136. The van der Waals surface area contributed by atoms with E-state index in [0.717, 1.165) is 21.5 Å². The highest BCUT2D eigenvalue weighted by molar-refractivity contribution is 9.10. The molecule has 8 nitrogen and oxygen atoms in total. The van der Waals surface area contributed by atoms with Crippen LogP contribution in [0.15, 0.2) is 59.6 Å². The third-order valence-corrected chi connectivity index (χ3v) is 6.63. The first-order chi connectivity index (χ1) is 17.4. The number of anilines is 1. The standard InChI is InChI=1S/C27H34BrN5O3/c1-3-25(34)29-14-5-4-8-23(31-26(35)19-21-10-12-22(28)13-11-21)27(36)33-17-15-32(16-18-33)24-9-6-7-20(2)30-24/h3,6-7,9-13,23H,1,4-5,8,14-19H2,2H3,(H,29,34)(H,31,35)/t23-/m0/s1. The van der Waals surface area contributed by atoms with Gasteiger partial charge in [0.25, 0.3) is 0 Å². The van der Waals surface area contributed by atoms with Gasteiger partial charge in [-0.3, -0.25) is 14.4 Å². The van der Waals surface area contributed by atoms with Crippen LogP contribution in [-0.4, -0.2) is 66.4 Å². The molecule has 0 unspecified atom stereocenters. The number of hydrogen-bond acceptors (Lipinski definition) is 5. The molecule has 2 heterocycles. The largest absolute Gasteiger partial charge is 0.353 e. The summed E-state index contributed by atoms with van der Waals surface area (Å²) in [6, 6.07) is 12.9. The van der Waals surface area contributed by atoms with Crippen LogP contribution in [0.3, 0.4) is 0 Å². The van der Waals surface area contributed by atoms with E-state index in [-0.39, 0.29) is 24.1 Å². The molecule has 2 aromatic rings. The minimum Gasteiger partial charge on any atom is -0.353 e. The maximum absolute atomic E-state index is 13.4. The van der Waals surface area contributed by atoms with E-state index in [9.17, 15) is 14.4 Å². The summed E-state index contributed by atoms with van der Waals surface area (Å²) in [5.41, 5.74) is 1.84. The SMILES string of the molecule is C=CC(=O)NCCCC[C@H](NC(=O)Cc1ccc(Br)cc1)C(=O)N1CCN(c2cccc(C)n2)CC1. The Bertz CT molecular complexity index is 1050.